The Labute approximate surface area is 212 Å². The van der Waals surface area contributed by atoms with Crippen molar-refractivity contribution in [2.45, 2.75) is 65.0 Å². The fraction of sp³-hybridized carbons (Fsp3) is 0.400. The third-order valence-electron chi connectivity index (χ3n) is 6.00. The summed E-state index contributed by atoms with van der Waals surface area (Å²) < 4.78 is 36.8. The normalized spacial score (nSPS) is 16.9. The van der Waals surface area contributed by atoms with Gasteiger partial charge in [0.05, 0.1) is 11.4 Å². The summed E-state index contributed by atoms with van der Waals surface area (Å²) in [6, 6.07) is 5.78. The predicted molar refractivity (Wildman–Crippen MR) is 135 cm³/mol. The van der Waals surface area contributed by atoms with Crippen LogP contribution < -0.4 is 21.7 Å². The zero-order valence-electron chi connectivity index (χ0n) is 20.1. The number of carbonyl (C=O) groups excluding carboxylic acids is 3. The zero-order chi connectivity index (χ0) is 27.2. The van der Waals surface area contributed by atoms with E-state index in [1.165, 1.54) is 6.07 Å². The molecule has 2 aliphatic rings. The van der Waals surface area contributed by atoms with Crippen LogP contribution in [0.25, 0.3) is 0 Å². The molecule has 0 unspecified atom stereocenters. The largest absolute Gasteiger partial charge is 0.505 e. The lowest BCUT2D eigenvalue weighted by molar-refractivity contribution is -0.167. The van der Waals surface area contributed by atoms with Gasteiger partial charge in [-0.05, 0) is 24.3 Å². The Bertz CT molecular complexity index is 1260. The summed E-state index contributed by atoms with van der Waals surface area (Å²) in [5.74, 6) is -2.85. The lowest BCUT2D eigenvalue weighted by Crippen LogP contribution is -2.33. The molecule has 0 aromatic heterocycles. The van der Waals surface area contributed by atoms with E-state index >= 15 is 0 Å². The van der Waals surface area contributed by atoms with Crippen LogP contribution in [0.2, 0.25) is 0 Å². The molecule has 2 aromatic carbocycles. The molecule has 9 nitrogen and oxygen atoms in total. The molecule has 0 fully saturated rings. The monoisotopic (exact) mass is 524 g/mol. The maximum atomic E-state index is 12.3. The number of phenols is 2. The van der Waals surface area contributed by atoms with E-state index in [1.54, 1.807) is 31.3 Å². The summed E-state index contributed by atoms with van der Waals surface area (Å²) in [6.07, 6.45) is -4.62. The van der Waals surface area contributed by atoms with E-state index in [0.29, 0.717) is 29.0 Å². The predicted octanol–water partition coefficient (Wildman–Crippen LogP) is 4.74. The van der Waals surface area contributed by atoms with Crippen LogP contribution >= 0.6 is 0 Å². The van der Waals surface area contributed by atoms with E-state index in [-0.39, 0.29) is 42.5 Å². The van der Waals surface area contributed by atoms with Gasteiger partial charge in [-0.15, -0.1) is 0 Å². The molecule has 4 rings (SSSR count). The van der Waals surface area contributed by atoms with Crippen LogP contribution in [0, 0.1) is 0 Å². The second kappa shape index (κ2) is 9.83. The lowest BCUT2D eigenvalue weighted by atomic mass is 9.77. The highest BCUT2D eigenvalue weighted by Crippen LogP contribution is 2.46. The molecule has 37 heavy (non-hydrogen) atoms. The molecule has 2 heterocycles. The molecule has 7 N–H and O–H groups in total. The Kier molecular flexibility index (Phi) is 7.78. The standard InChI is InChI=1S/C13H13F3N2O3.C11H14N2O2.CH4/c1-12(2)5-8(19)17-6-3-4-7(10(20)9(6)12)18-11(21)13(14,15)16;1-11(2)5-8(14)13-7-4-3-6(12)10(15)9(7)11;/h3-4,20H,5H2,1-2H3,(H,17,19)(H,18,21);3-4,15H,5,12H2,1-2H3,(H,13,14);1H4. The summed E-state index contributed by atoms with van der Waals surface area (Å²) in [6.45, 7) is 7.20. The first kappa shape index (κ1) is 29.3. The summed E-state index contributed by atoms with van der Waals surface area (Å²) in [5.41, 5.74) is 6.49. The van der Waals surface area contributed by atoms with Gasteiger partial charge in [-0.25, -0.2) is 0 Å². The summed E-state index contributed by atoms with van der Waals surface area (Å²) in [7, 11) is 0. The molecule has 0 radical (unpaired) electrons. The molecule has 202 valence electrons. The molecule has 2 aliphatic heterocycles. The van der Waals surface area contributed by atoms with Crippen molar-refractivity contribution in [3.05, 3.63) is 35.4 Å². The molecule has 0 aliphatic carbocycles. The Morgan fingerprint density at radius 2 is 1.32 bits per heavy atom. The minimum Gasteiger partial charge on any atom is -0.505 e. The van der Waals surface area contributed by atoms with Crippen molar-refractivity contribution in [3.63, 3.8) is 0 Å². The second-order valence-corrected chi connectivity index (χ2v) is 9.98. The molecule has 0 atom stereocenters. The highest BCUT2D eigenvalue weighted by Gasteiger charge is 2.40. The van der Waals surface area contributed by atoms with E-state index in [0.717, 1.165) is 11.6 Å². The number of anilines is 4. The number of nitrogen functional groups attached to an aromatic ring is 1. The topological polar surface area (TPSA) is 154 Å². The van der Waals surface area contributed by atoms with Crippen molar-refractivity contribution in [2.24, 2.45) is 0 Å². The molecule has 0 spiro atoms. The van der Waals surface area contributed by atoms with Crippen LogP contribution in [0.5, 0.6) is 11.5 Å². The molecular formula is C25H31F3N4O5. The first-order chi connectivity index (χ1) is 16.4. The van der Waals surface area contributed by atoms with Crippen molar-refractivity contribution >= 4 is 40.5 Å². The van der Waals surface area contributed by atoms with Gasteiger partial charge in [0, 0.05) is 46.2 Å². The average Bonchev–Trinajstić information content (AvgIpc) is 2.70. The molecule has 0 bridgehead atoms. The van der Waals surface area contributed by atoms with Gasteiger partial charge in [-0.3, -0.25) is 14.4 Å². The lowest BCUT2D eigenvalue weighted by Gasteiger charge is -2.33. The van der Waals surface area contributed by atoms with E-state index < -0.39 is 23.2 Å². The van der Waals surface area contributed by atoms with Crippen LogP contribution in [-0.4, -0.2) is 34.1 Å². The van der Waals surface area contributed by atoms with Crippen molar-refractivity contribution in [2.75, 3.05) is 21.7 Å². The van der Waals surface area contributed by atoms with Crippen LogP contribution in [0.3, 0.4) is 0 Å². The number of aromatic hydroxyl groups is 2. The maximum Gasteiger partial charge on any atom is 0.471 e. The highest BCUT2D eigenvalue weighted by molar-refractivity contribution is 6.00. The van der Waals surface area contributed by atoms with Gasteiger partial charge in [0.15, 0.2) is 0 Å². The van der Waals surface area contributed by atoms with Crippen LogP contribution in [0.4, 0.5) is 35.9 Å². The van der Waals surface area contributed by atoms with E-state index in [9.17, 15) is 37.8 Å². The third kappa shape index (κ3) is 5.89. The number of hydrogen-bond acceptors (Lipinski definition) is 6. The van der Waals surface area contributed by atoms with Gasteiger partial charge in [0.2, 0.25) is 11.8 Å². The smallest absolute Gasteiger partial charge is 0.471 e. The number of rotatable bonds is 1. The van der Waals surface area contributed by atoms with Crippen LogP contribution in [0.15, 0.2) is 24.3 Å². The molecule has 12 heteroatoms. The number of hydrogen-bond donors (Lipinski definition) is 6. The minimum absolute atomic E-state index is 0. The number of benzene rings is 2. The third-order valence-corrected chi connectivity index (χ3v) is 6.00. The fourth-order valence-electron chi connectivity index (χ4n) is 4.44. The highest BCUT2D eigenvalue weighted by atomic mass is 19.4. The van der Waals surface area contributed by atoms with Crippen LogP contribution in [0.1, 0.15) is 59.1 Å². The summed E-state index contributed by atoms with van der Waals surface area (Å²) in [4.78, 5) is 33.9. The van der Waals surface area contributed by atoms with Gasteiger partial charge in [-0.2, -0.15) is 13.2 Å². The maximum absolute atomic E-state index is 12.3. The van der Waals surface area contributed by atoms with E-state index in [1.807, 2.05) is 13.8 Å². The minimum atomic E-state index is -5.05. The van der Waals surface area contributed by atoms with Crippen molar-refractivity contribution in [1.29, 1.82) is 0 Å². The molecule has 3 amide bonds. The van der Waals surface area contributed by atoms with Crippen molar-refractivity contribution < 1.29 is 37.8 Å². The molecule has 0 saturated heterocycles. The van der Waals surface area contributed by atoms with E-state index in [2.05, 4.69) is 10.6 Å². The fourth-order valence-corrected chi connectivity index (χ4v) is 4.44. The number of fused-ring (bicyclic) bond motifs is 2. The van der Waals surface area contributed by atoms with Gasteiger partial charge >= 0.3 is 12.1 Å². The Morgan fingerprint density at radius 3 is 1.78 bits per heavy atom. The van der Waals surface area contributed by atoms with Crippen molar-refractivity contribution in [1.82, 2.24) is 0 Å². The SMILES string of the molecule is C.CC1(C)CC(=O)Nc2ccc(N)c(O)c21.CC1(C)CC(=O)Nc2ccc(NC(=O)C(F)(F)F)c(O)c21. The summed E-state index contributed by atoms with van der Waals surface area (Å²) >= 11 is 0. The van der Waals surface area contributed by atoms with Gasteiger partial charge < -0.3 is 31.9 Å². The van der Waals surface area contributed by atoms with Crippen LogP contribution in [-0.2, 0) is 25.2 Å². The number of halogens is 3. The Morgan fingerprint density at radius 1 is 0.892 bits per heavy atom. The van der Waals surface area contributed by atoms with Gasteiger partial charge in [0.25, 0.3) is 0 Å². The van der Waals surface area contributed by atoms with Gasteiger partial charge in [0.1, 0.15) is 11.5 Å². The summed E-state index contributed by atoms with van der Waals surface area (Å²) in [5, 5.41) is 26.9. The number of amides is 3. The number of nitrogens with two attached hydrogens (primary N) is 1. The Balaban J connectivity index is 0.000000266. The molecule has 2 aromatic rings. The van der Waals surface area contributed by atoms with Crippen molar-refractivity contribution in [3.8, 4) is 11.5 Å². The quantitative estimate of drug-likeness (QED) is 0.234. The van der Waals surface area contributed by atoms with Gasteiger partial charge in [-0.1, -0.05) is 35.1 Å². The Hall–Kier alpha value is -3.96. The first-order valence-electron chi connectivity index (χ1n) is 10.9. The molecule has 0 saturated carbocycles. The number of phenolic OH excluding ortho intramolecular Hbond substituents is 2. The number of alkyl halides is 3. The second-order valence-electron chi connectivity index (χ2n) is 9.98. The first-order valence-corrected chi connectivity index (χ1v) is 10.9. The number of carbonyl (C=O) groups is 3. The average molecular weight is 525 g/mol. The zero-order valence-corrected chi connectivity index (χ0v) is 20.1. The van der Waals surface area contributed by atoms with E-state index in [4.69, 9.17) is 5.73 Å². The molecular weight excluding hydrogens is 493 g/mol. The number of nitrogens with one attached hydrogen (secondary N) is 3.